The first-order chi connectivity index (χ1) is 11.0. The molecule has 3 nitrogen and oxygen atoms in total. The van der Waals surface area contributed by atoms with E-state index in [1.807, 2.05) is 31.2 Å². The normalized spacial score (nSPS) is 11.8. The minimum absolute atomic E-state index is 0.253. The molecular weight excluding hydrogens is 333 g/mol. The van der Waals surface area contributed by atoms with Crippen LogP contribution in [0.2, 0.25) is 10.0 Å². The number of rotatable bonds is 6. The molecular formula is C18H19Cl2NO2. The van der Waals surface area contributed by atoms with E-state index in [-0.39, 0.29) is 5.91 Å². The second-order valence-electron chi connectivity index (χ2n) is 5.13. The first kappa shape index (κ1) is 17.6. The standard InChI is InChI=1S/C18H19Cl2NO2/c1-3-12-5-8-14(9-6-12)23-17(4-2)18(22)21-16-11-13(19)7-10-15(16)20/h5-11,17H,3-4H2,1-2H3,(H,21,22). The number of hydrogen-bond acceptors (Lipinski definition) is 2. The Morgan fingerprint density at radius 2 is 1.83 bits per heavy atom. The van der Waals surface area contributed by atoms with E-state index in [4.69, 9.17) is 27.9 Å². The van der Waals surface area contributed by atoms with Crippen molar-refractivity contribution >= 4 is 34.8 Å². The maximum absolute atomic E-state index is 12.4. The molecule has 122 valence electrons. The molecule has 0 aliphatic rings. The van der Waals surface area contributed by atoms with E-state index in [9.17, 15) is 4.79 Å². The summed E-state index contributed by atoms with van der Waals surface area (Å²) in [6.45, 7) is 3.98. The minimum Gasteiger partial charge on any atom is -0.481 e. The van der Waals surface area contributed by atoms with Crippen molar-refractivity contribution in [3.05, 3.63) is 58.1 Å². The highest BCUT2D eigenvalue weighted by Crippen LogP contribution is 2.26. The van der Waals surface area contributed by atoms with Gasteiger partial charge in [0, 0.05) is 5.02 Å². The monoisotopic (exact) mass is 351 g/mol. The zero-order valence-electron chi connectivity index (χ0n) is 13.1. The fourth-order valence-electron chi connectivity index (χ4n) is 2.10. The van der Waals surface area contributed by atoms with Gasteiger partial charge in [0.25, 0.3) is 5.91 Å². The van der Waals surface area contributed by atoms with Crippen LogP contribution in [0.4, 0.5) is 5.69 Å². The van der Waals surface area contributed by atoms with Crippen molar-refractivity contribution in [1.29, 1.82) is 0 Å². The number of anilines is 1. The molecule has 2 rings (SSSR count). The van der Waals surface area contributed by atoms with Crippen LogP contribution < -0.4 is 10.1 Å². The molecule has 2 aromatic rings. The Bertz CT molecular complexity index is 671. The van der Waals surface area contributed by atoms with Gasteiger partial charge in [0.2, 0.25) is 0 Å². The van der Waals surface area contributed by atoms with Crippen molar-refractivity contribution in [3.8, 4) is 5.75 Å². The van der Waals surface area contributed by atoms with Crippen LogP contribution >= 0.6 is 23.2 Å². The summed E-state index contributed by atoms with van der Waals surface area (Å²) in [6.07, 6.45) is 0.905. The van der Waals surface area contributed by atoms with Crippen molar-refractivity contribution in [2.24, 2.45) is 0 Å². The summed E-state index contributed by atoms with van der Waals surface area (Å²) in [6, 6.07) is 12.7. The number of halogens is 2. The van der Waals surface area contributed by atoms with Gasteiger partial charge in [-0.25, -0.2) is 0 Å². The highest BCUT2D eigenvalue weighted by molar-refractivity contribution is 6.35. The molecule has 1 unspecified atom stereocenters. The van der Waals surface area contributed by atoms with Crippen LogP contribution in [0.5, 0.6) is 5.75 Å². The third-order valence-corrected chi connectivity index (χ3v) is 4.02. The Hall–Kier alpha value is -1.71. The van der Waals surface area contributed by atoms with Crippen LogP contribution in [0.25, 0.3) is 0 Å². The van der Waals surface area contributed by atoms with E-state index >= 15 is 0 Å². The second kappa shape index (κ2) is 8.23. The molecule has 0 bridgehead atoms. The molecule has 1 amide bonds. The Kier molecular flexibility index (Phi) is 6.31. The SMILES string of the molecule is CCc1ccc(OC(CC)C(=O)Nc2cc(Cl)ccc2Cl)cc1. The smallest absolute Gasteiger partial charge is 0.265 e. The highest BCUT2D eigenvalue weighted by Gasteiger charge is 2.19. The molecule has 0 radical (unpaired) electrons. The average Bonchev–Trinajstić information content (AvgIpc) is 2.56. The molecule has 0 saturated heterocycles. The summed E-state index contributed by atoms with van der Waals surface area (Å²) < 4.78 is 5.78. The molecule has 2 aromatic carbocycles. The molecule has 0 aromatic heterocycles. The number of hydrogen-bond donors (Lipinski definition) is 1. The van der Waals surface area contributed by atoms with Crippen LogP contribution in [0.3, 0.4) is 0 Å². The topological polar surface area (TPSA) is 38.3 Å². The van der Waals surface area contributed by atoms with Crippen LogP contribution in [0, 0.1) is 0 Å². The lowest BCUT2D eigenvalue weighted by atomic mass is 10.1. The number of ether oxygens (including phenoxy) is 1. The lowest BCUT2D eigenvalue weighted by Crippen LogP contribution is -2.32. The first-order valence-corrected chi connectivity index (χ1v) is 8.30. The van der Waals surface area contributed by atoms with E-state index < -0.39 is 6.10 Å². The number of carbonyl (C=O) groups excluding carboxylic acids is 1. The van der Waals surface area contributed by atoms with Crippen LogP contribution in [0.15, 0.2) is 42.5 Å². The number of carbonyl (C=O) groups is 1. The van der Waals surface area contributed by atoms with Crippen LogP contribution in [-0.2, 0) is 11.2 Å². The number of amides is 1. The van der Waals surface area contributed by atoms with Gasteiger partial charge < -0.3 is 10.1 Å². The second-order valence-corrected chi connectivity index (χ2v) is 5.97. The van der Waals surface area contributed by atoms with E-state index in [1.54, 1.807) is 18.2 Å². The first-order valence-electron chi connectivity index (χ1n) is 7.55. The zero-order chi connectivity index (χ0) is 16.8. The van der Waals surface area contributed by atoms with Gasteiger partial charge in [0.1, 0.15) is 5.75 Å². The summed E-state index contributed by atoms with van der Waals surface area (Å²) >= 11 is 12.0. The van der Waals surface area contributed by atoms with Gasteiger partial charge in [-0.05, 0) is 48.7 Å². The zero-order valence-corrected chi connectivity index (χ0v) is 14.6. The summed E-state index contributed by atoms with van der Waals surface area (Å²) in [5, 5.41) is 3.71. The highest BCUT2D eigenvalue weighted by atomic mass is 35.5. The Balaban J connectivity index is 2.07. The molecule has 0 saturated carbocycles. The Morgan fingerprint density at radius 3 is 2.43 bits per heavy atom. The molecule has 23 heavy (non-hydrogen) atoms. The van der Waals surface area contributed by atoms with Gasteiger partial charge >= 0.3 is 0 Å². The fraction of sp³-hybridized carbons (Fsp3) is 0.278. The number of nitrogens with one attached hydrogen (secondary N) is 1. The van der Waals surface area contributed by atoms with Gasteiger partial charge in [-0.1, -0.05) is 49.2 Å². The Morgan fingerprint density at radius 1 is 1.13 bits per heavy atom. The maximum Gasteiger partial charge on any atom is 0.265 e. The van der Waals surface area contributed by atoms with Crippen LogP contribution in [0.1, 0.15) is 25.8 Å². The number of aryl methyl sites for hydroxylation is 1. The molecule has 1 N–H and O–H groups in total. The van der Waals surface area contributed by atoms with Crippen LogP contribution in [-0.4, -0.2) is 12.0 Å². The third-order valence-electron chi connectivity index (χ3n) is 3.46. The summed E-state index contributed by atoms with van der Waals surface area (Å²) in [4.78, 5) is 12.4. The molecule has 0 fully saturated rings. The van der Waals surface area contributed by atoms with Crippen molar-refractivity contribution in [3.63, 3.8) is 0 Å². The summed E-state index contributed by atoms with van der Waals surface area (Å²) in [5.74, 6) is 0.414. The van der Waals surface area contributed by atoms with Crippen molar-refractivity contribution in [1.82, 2.24) is 0 Å². The lowest BCUT2D eigenvalue weighted by Gasteiger charge is -2.18. The van der Waals surface area contributed by atoms with Gasteiger partial charge in [-0.2, -0.15) is 0 Å². The fourth-order valence-corrected chi connectivity index (χ4v) is 2.43. The predicted octanol–water partition coefficient (Wildman–Crippen LogP) is 5.35. The van der Waals surface area contributed by atoms with E-state index in [1.165, 1.54) is 5.56 Å². The predicted molar refractivity (Wildman–Crippen MR) is 95.6 cm³/mol. The van der Waals surface area contributed by atoms with Crippen molar-refractivity contribution in [2.45, 2.75) is 32.8 Å². The van der Waals surface area contributed by atoms with E-state index in [0.717, 1.165) is 6.42 Å². The summed E-state index contributed by atoms with van der Waals surface area (Å²) in [5.41, 5.74) is 1.70. The van der Waals surface area contributed by atoms with Crippen molar-refractivity contribution < 1.29 is 9.53 Å². The Labute approximate surface area is 146 Å². The molecule has 0 aliphatic carbocycles. The third kappa shape index (κ3) is 4.88. The van der Waals surface area contributed by atoms with Gasteiger partial charge in [-0.15, -0.1) is 0 Å². The quantitative estimate of drug-likeness (QED) is 0.761. The molecule has 0 spiro atoms. The van der Waals surface area contributed by atoms with Crippen molar-refractivity contribution in [2.75, 3.05) is 5.32 Å². The molecule has 0 heterocycles. The maximum atomic E-state index is 12.4. The minimum atomic E-state index is -0.600. The molecule has 5 heteroatoms. The van der Waals surface area contributed by atoms with E-state index in [0.29, 0.717) is 27.9 Å². The lowest BCUT2D eigenvalue weighted by molar-refractivity contribution is -0.122. The van der Waals surface area contributed by atoms with Gasteiger partial charge in [-0.3, -0.25) is 4.79 Å². The number of benzene rings is 2. The molecule has 1 atom stereocenters. The largest absolute Gasteiger partial charge is 0.481 e. The average molecular weight is 352 g/mol. The summed E-state index contributed by atoms with van der Waals surface area (Å²) in [7, 11) is 0. The molecule has 0 aliphatic heterocycles. The van der Waals surface area contributed by atoms with Gasteiger partial charge in [0.15, 0.2) is 6.10 Å². The van der Waals surface area contributed by atoms with Gasteiger partial charge in [0.05, 0.1) is 10.7 Å². The van der Waals surface area contributed by atoms with E-state index in [2.05, 4.69) is 12.2 Å².